The molecule has 0 aliphatic heterocycles. The third kappa shape index (κ3) is 3.73. The quantitative estimate of drug-likeness (QED) is 0.791. The third-order valence-electron chi connectivity index (χ3n) is 2.21. The fourth-order valence-corrected chi connectivity index (χ4v) is 2.11. The van der Waals surface area contributed by atoms with Crippen molar-refractivity contribution in [3.8, 4) is 0 Å². The summed E-state index contributed by atoms with van der Waals surface area (Å²) in [7, 11) is 1.45. The number of hydrogen-bond donors (Lipinski definition) is 2. The maximum Gasteiger partial charge on any atom is 0.321 e. The lowest BCUT2D eigenvalue weighted by Crippen LogP contribution is -2.41. The minimum absolute atomic E-state index is 0.219. The number of nitrogens with one attached hydrogen (secondary N) is 2. The average Bonchev–Trinajstić information content (AvgIpc) is 2.76. The molecule has 100 valence electrons. The predicted octanol–water partition coefficient (Wildman–Crippen LogP) is 0.795. The first-order chi connectivity index (χ1) is 8.45. The molecule has 7 nitrogen and oxygen atoms in total. The van der Waals surface area contributed by atoms with Gasteiger partial charge in [-0.1, -0.05) is 11.8 Å². The van der Waals surface area contributed by atoms with Crippen LogP contribution in [-0.2, 0) is 4.79 Å². The smallest absolute Gasteiger partial charge is 0.321 e. The van der Waals surface area contributed by atoms with E-state index in [0.717, 1.165) is 0 Å². The number of carbonyl (C=O) groups excluding carboxylic acids is 2. The van der Waals surface area contributed by atoms with Crippen molar-refractivity contribution < 1.29 is 9.59 Å². The Morgan fingerprint density at radius 2 is 2.06 bits per heavy atom. The van der Waals surface area contributed by atoms with Gasteiger partial charge in [-0.2, -0.15) is 0 Å². The van der Waals surface area contributed by atoms with Gasteiger partial charge in [-0.3, -0.25) is 10.1 Å². The Hall–Kier alpha value is -1.57. The number of carbonyl (C=O) groups is 2. The van der Waals surface area contributed by atoms with Crippen LogP contribution < -0.4 is 10.6 Å². The second kappa shape index (κ2) is 6.39. The van der Waals surface area contributed by atoms with Gasteiger partial charge >= 0.3 is 6.03 Å². The summed E-state index contributed by atoms with van der Waals surface area (Å²) >= 11 is 1.26. The summed E-state index contributed by atoms with van der Waals surface area (Å²) < 4.78 is 1.87. The molecule has 1 aromatic heterocycles. The van der Waals surface area contributed by atoms with E-state index < -0.39 is 11.3 Å². The lowest BCUT2D eigenvalue weighted by Gasteiger charge is -2.13. The van der Waals surface area contributed by atoms with Gasteiger partial charge in [0.05, 0.1) is 5.25 Å². The molecule has 0 saturated carbocycles. The Kier molecular flexibility index (Phi) is 5.14. The summed E-state index contributed by atoms with van der Waals surface area (Å²) in [6.07, 6.45) is 1.62. The topological polar surface area (TPSA) is 88.9 Å². The molecule has 0 aliphatic carbocycles. The first-order valence-corrected chi connectivity index (χ1v) is 6.42. The Labute approximate surface area is 110 Å². The third-order valence-corrected chi connectivity index (χ3v) is 3.28. The second-order valence-corrected chi connectivity index (χ2v) is 5.25. The van der Waals surface area contributed by atoms with Gasteiger partial charge in [-0.05, 0) is 20.8 Å². The van der Waals surface area contributed by atoms with Crippen molar-refractivity contribution in [1.29, 1.82) is 0 Å². The molecule has 1 unspecified atom stereocenters. The van der Waals surface area contributed by atoms with E-state index in [9.17, 15) is 9.59 Å². The maximum absolute atomic E-state index is 11.7. The molecule has 0 bridgehead atoms. The van der Waals surface area contributed by atoms with Crippen LogP contribution in [-0.4, -0.2) is 39.0 Å². The maximum atomic E-state index is 11.7. The van der Waals surface area contributed by atoms with E-state index in [1.807, 2.05) is 18.4 Å². The Balaban J connectivity index is 2.64. The van der Waals surface area contributed by atoms with Gasteiger partial charge in [-0.25, -0.2) is 4.79 Å². The molecule has 8 heteroatoms. The second-order valence-electron chi connectivity index (χ2n) is 3.94. The van der Waals surface area contributed by atoms with E-state index in [0.29, 0.717) is 5.16 Å². The van der Waals surface area contributed by atoms with Crippen molar-refractivity contribution in [3.63, 3.8) is 0 Å². The molecule has 0 radical (unpaired) electrons. The van der Waals surface area contributed by atoms with E-state index in [1.54, 1.807) is 13.3 Å². The van der Waals surface area contributed by atoms with Crippen molar-refractivity contribution in [3.05, 3.63) is 6.33 Å². The molecule has 0 aromatic carbocycles. The molecule has 1 atom stereocenters. The molecule has 18 heavy (non-hydrogen) atoms. The standard InChI is InChI=1S/C10H17N5O2S/c1-6(2)15-5-12-14-10(15)18-7(3)8(16)13-9(17)11-4/h5-7H,1-4H3,(H2,11,13,16,17). The molecule has 2 N–H and O–H groups in total. The monoisotopic (exact) mass is 271 g/mol. The fourth-order valence-electron chi connectivity index (χ4n) is 1.16. The molecule has 0 saturated heterocycles. The zero-order chi connectivity index (χ0) is 13.7. The van der Waals surface area contributed by atoms with Crippen molar-refractivity contribution in [2.24, 2.45) is 0 Å². The summed E-state index contributed by atoms with van der Waals surface area (Å²) in [5, 5.41) is 12.5. The minimum Gasteiger partial charge on any atom is -0.341 e. The van der Waals surface area contributed by atoms with Crippen LogP contribution in [0.15, 0.2) is 11.5 Å². The molecule has 1 aromatic rings. The number of urea groups is 1. The van der Waals surface area contributed by atoms with Gasteiger partial charge in [0.25, 0.3) is 0 Å². The zero-order valence-corrected chi connectivity index (χ0v) is 11.6. The highest BCUT2D eigenvalue weighted by Gasteiger charge is 2.19. The van der Waals surface area contributed by atoms with Crippen molar-refractivity contribution in [2.45, 2.75) is 37.2 Å². The normalized spacial score (nSPS) is 12.3. The molecule has 1 rings (SSSR count). The van der Waals surface area contributed by atoms with E-state index >= 15 is 0 Å². The Morgan fingerprint density at radius 1 is 1.39 bits per heavy atom. The van der Waals surface area contributed by atoms with Gasteiger partial charge in [-0.15, -0.1) is 10.2 Å². The number of thioether (sulfide) groups is 1. The van der Waals surface area contributed by atoms with E-state index in [-0.39, 0.29) is 11.9 Å². The fraction of sp³-hybridized carbons (Fsp3) is 0.600. The Bertz CT molecular complexity index is 432. The van der Waals surface area contributed by atoms with Gasteiger partial charge in [0.2, 0.25) is 5.91 Å². The first kappa shape index (κ1) is 14.5. The highest BCUT2D eigenvalue weighted by atomic mass is 32.2. The minimum atomic E-state index is -0.516. The van der Waals surface area contributed by atoms with Crippen LogP contribution in [0.1, 0.15) is 26.8 Å². The van der Waals surface area contributed by atoms with Crippen LogP contribution in [0.2, 0.25) is 0 Å². The van der Waals surface area contributed by atoms with Crippen LogP contribution in [0.3, 0.4) is 0 Å². The van der Waals surface area contributed by atoms with Crippen molar-refractivity contribution >= 4 is 23.7 Å². The number of imide groups is 1. The SMILES string of the molecule is CNC(=O)NC(=O)C(C)Sc1nncn1C(C)C. The number of aromatic nitrogens is 3. The zero-order valence-electron chi connectivity index (χ0n) is 10.8. The summed E-state index contributed by atoms with van der Waals surface area (Å²) in [5.41, 5.74) is 0. The number of hydrogen-bond acceptors (Lipinski definition) is 5. The first-order valence-electron chi connectivity index (χ1n) is 5.54. The molecule has 0 spiro atoms. The summed E-state index contributed by atoms with van der Waals surface area (Å²) in [5.74, 6) is -0.363. The largest absolute Gasteiger partial charge is 0.341 e. The number of nitrogens with zero attached hydrogens (tertiary/aromatic N) is 3. The van der Waals surface area contributed by atoms with Gasteiger partial charge < -0.3 is 9.88 Å². The molecular weight excluding hydrogens is 254 g/mol. The van der Waals surface area contributed by atoms with Crippen molar-refractivity contribution in [2.75, 3.05) is 7.05 Å². The van der Waals surface area contributed by atoms with Gasteiger partial charge in [0, 0.05) is 13.1 Å². The number of rotatable bonds is 4. The summed E-state index contributed by atoms with van der Waals surface area (Å²) in [4.78, 5) is 22.7. The molecule has 0 fully saturated rings. The van der Waals surface area contributed by atoms with E-state index in [2.05, 4.69) is 20.8 Å². The predicted molar refractivity (Wildman–Crippen MR) is 68.3 cm³/mol. The van der Waals surface area contributed by atoms with Crippen LogP contribution in [0.25, 0.3) is 0 Å². The van der Waals surface area contributed by atoms with Crippen molar-refractivity contribution in [1.82, 2.24) is 25.4 Å². The van der Waals surface area contributed by atoms with E-state index in [4.69, 9.17) is 0 Å². The number of amides is 3. The molecular formula is C10H17N5O2S. The van der Waals surface area contributed by atoms with Gasteiger partial charge in [0.1, 0.15) is 6.33 Å². The van der Waals surface area contributed by atoms with Crippen LogP contribution in [0, 0.1) is 0 Å². The lowest BCUT2D eigenvalue weighted by atomic mass is 10.4. The molecule has 0 aliphatic rings. The lowest BCUT2D eigenvalue weighted by molar-refractivity contribution is -0.119. The summed E-state index contributed by atoms with van der Waals surface area (Å²) in [6.45, 7) is 5.72. The van der Waals surface area contributed by atoms with E-state index in [1.165, 1.54) is 18.8 Å². The van der Waals surface area contributed by atoms with Crippen LogP contribution in [0.5, 0.6) is 0 Å². The Morgan fingerprint density at radius 3 is 2.61 bits per heavy atom. The average molecular weight is 271 g/mol. The van der Waals surface area contributed by atoms with Crippen LogP contribution >= 0.6 is 11.8 Å². The highest BCUT2D eigenvalue weighted by Crippen LogP contribution is 2.23. The molecule has 1 heterocycles. The van der Waals surface area contributed by atoms with Gasteiger partial charge in [0.15, 0.2) is 5.16 Å². The highest BCUT2D eigenvalue weighted by molar-refractivity contribution is 8.00. The summed E-state index contributed by atoms with van der Waals surface area (Å²) in [6, 6.07) is -0.297. The molecule has 3 amide bonds. The van der Waals surface area contributed by atoms with Crippen LogP contribution in [0.4, 0.5) is 4.79 Å².